The second kappa shape index (κ2) is 8.57. The van der Waals surface area contributed by atoms with Crippen molar-refractivity contribution in [3.8, 4) is 0 Å². The van der Waals surface area contributed by atoms with E-state index in [1.165, 1.54) is 0 Å². The van der Waals surface area contributed by atoms with Gasteiger partial charge in [0.1, 0.15) is 5.82 Å². The summed E-state index contributed by atoms with van der Waals surface area (Å²) in [7, 11) is 3.99. The van der Waals surface area contributed by atoms with E-state index in [1.807, 2.05) is 43.3 Å². The molecule has 1 aliphatic rings. The number of hydrogen-bond donors (Lipinski definition) is 3. The Morgan fingerprint density at radius 1 is 1.00 bits per heavy atom. The van der Waals surface area contributed by atoms with Crippen LogP contribution in [-0.4, -0.2) is 42.1 Å². The van der Waals surface area contributed by atoms with Crippen molar-refractivity contribution in [2.75, 3.05) is 30.0 Å². The van der Waals surface area contributed by atoms with Crippen molar-refractivity contribution in [1.29, 1.82) is 0 Å². The second-order valence-electron chi connectivity index (χ2n) is 8.07. The molecule has 156 valence electrons. The van der Waals surface area contributed by atoms with Crippen molar-refractivity contribution in [3.05, 3.63) is 54.1 Å². The molecule has 1 fully saturated rings. The average molecular weight is 405 g/mol. The molecule has 1 aromatic heterocycles. The maximum absolute atomic E-state index is 12.5. The maximum Gasteiger partial charge on any atom is 0.251 e. The molecule has 0 radical (unpaired) electrons. The normalized spacial score (nSPS) is 18.7. The molecule has 2 aromatic carbocycles. The molecule has 1 saturated carbocycles. The number of para-hydroxylation sites is 1. The zero-order valence-electron chi connectivity index (χ0n) is 17.4. The molecule has 3 aromatic rings. The zero-order valence-corrected chi connectivity index (χ0v) is 17.4. The number of nitrogen functional groups attached to an aromatic ring is 1. The van der Waals surface area contributed by atoms with Gasteiger partial charge in [-0.05, 0) is 56.0 Å². The number of nitrogens with two attached hydrogens (primary N) is 1. The fourth-order valence-corrected chi connectivity index (χ4v) is 3.98. The van der Waals surface area contributed by atoms with Gasteiger partial charge in [-0.2, -0.15) is 4.98 Å². The van der Waals surface area contributed by atoms with Crippen LogP contribution in [0.5, 0.6) is 0 Å². The number of rotatable bonds is 5. The lowest BCUT2D eigenvalue weighted by Crippen LogP contribution is -2.40. The predicted molar refractivity (Wildman–Crippen MR) is 122 cm³/mol. The first-order valence-electron chi connectivity index (χ1n) is 10.4. The summed E-state index contributed by atoms with van der Waals surface area (Å²) in [4.78, 5) is 23.9. The number of fused-ring (bicyclic) bond motifs is 1. The molecule has 4 rings (SSSR count). The van der Waals surface area contributed by atoms with E-state index in [2.05, 4.69) is 10.6 Å². The third-order valence-electron chi connectivity index (χ3n) is 5.55. The van der Waals surface area contributed by atoms with Gasteiger partial charge in [0.15, 0.2) is 0 Å². The van der Waals surface area contributed by atoms with Gasteiger partial charge in [0.25, 0.3) is 5.91 Å². The van der Waals surface area contributed by atoms with Crippen LogP contribution < -0.4 is 21.3 Å². The predicted octanol–water partition coefficient (Wildman–Crippen LogP) is 3.43. The first-order chi connectivity index (χ1) is 14.5. The van der Waals surface area contributed by atoms with Gasteiger partial charge in [0.05, 0.1) is 5.52 Å². The first kappa shape index (κ1) is 19.9. The Morgan fingerprint density at radius 2 is 1.73 bits per heavy atom. The van der Waals surface area contributed by atoms with Gasteiger partial charge in [0.2, 0.25) is 5.95 Å². The number of nitrogens with zero attached hydrogens (tertiary/aromatic N) is 3. The Labute approximate surface area is 176 Å². The quantitative estimate of drug-likeness (QED) is 0.564. The van der Waals surface area contributed by atoms with Crippen molar-refractivity contribution in [1.82, 2.24) is 15.3 Å². The van der Waals surface area contributed by atoms with Crippen molar-refractivity contribution in [2.45, 2.75) is 37.8 Å². The van der Waals surface area contributed by atoms with Crippen LogP contribution in [-0.2, 0) is 0 Å². The van der Waals surface area contributed by atoms with Gasteiger partial charge in [-0.3, -0.25) is 4.79 Å². The van der Waals surface area contributed by atoms with E-state index in [0.717, 1.165) is 42.4 Å². The number of aromatic nitrogens is 2. The number of amides is 1. The highest BCUT2D eigenvalue weighted by molar-refractivity contribution is 5.95. The molecule has 0 saturated heterocycles. The first-order valence-corrected chi connectivity index (χ1v) is 10.4. The Bertz CT molecular complexity index is 1040. The van der Waals surface area contributed by atoms with Crippen LogP contribution in [0.1, 0.15) is 36.0 Å². The van der Waals surface area contributed by atoms with Crippen LogP contribution in [0.25, 0.3) is 10.9 Å². The van der Waals surface area contributed by atoms with Crippen LogP contribution in [0, 0.1) is 0 Å². The Hall–Kier alpha value is -3.35. The van der Waals surface area contributed by atoms with E-state index >= 15 is 0 Å². The second-order valence-corrected chi connectivity index (χ2v) is 8.07. The van der Waals surface area contributed by atoms with Gasteiger partial charge in [-0.1, -0.05) is 18.2 Å². The van der Waals surface area contributed by atoms with Crippen LogP contribution >= 0.6 is 0 Å². The molecule has 0 spiro atoms. The fourth-order valence-electron chi connectivity index (χ4n) is 3.98. The van der Waals surface area contributed by atoms with Gasteiger partial charge >= 0.3 is 0 Å². The number of carbonyl (C=O) groups excluding carboxylic acids is 1. The summed E-state index contributed by atoms with van der Waals surface area (Å²) in [6.45, 7) is 0. The molecule has 0 bridgehead atoms. The highest BCUT2D eigenvalue weighted by atomic mass is 16.1. The van der Waals surface area contributed by atoms with Crippen LogP contribution in [0.15, 0.2) is 48.5 Å². The van der Waals surface area contributed by atoms with Gasteiger partial charge in [-0.25, -0.2) is 4.98 Å². The standard InChI is InChI=1S/C23H28N6O/c1-29(2)21-19-8-3-4-9-20(19)27-23(28-21)26-18-12-10-17(11-13-18)25-22(30)15-6-5-7-16(24)14-15/h3-9,14,17-18H,10-13,24H2,1-2H3,(H,25,30)(H,26,27,28). The minimum absolute atomic E-state index is 0.0628. The lowest BCUT2D eigenvalue weighted by molar-refractivity contribution is 0.0926. The molecule has 30 heavy (non-hydrogen) atoms. The lowest BCUT2D eigenvalue weighted by Gasteiger charge is -2.30. The third kappa shape index (κ3) is 4.45. The summed E-state index contributed by atoms with van der Waals surface area (Å²) in [5.74, 6) is 1.50. The summed E-state index contributed by atoms with van der Waals surface area (Å²) in [6, 6.07) is 15.6. The Kier molecular flexibility index (Phi) is 5.70. The zero-order chi connectivity index (χ0) is 21.1. The minimum atomic E-state index is -0.0628. The minimum Gasteiger partial charge on any atom is -0.399 e. The van der Waals surface area contributed by atoms with Crippen LogP contribution in [0.2, 0.25) is 0 Å². The van der Waals surface area contributed by atoms with E-state index in [0.29, 0.717) is 23.2 Å². The Balaban J connectivity index is 1.37. The summed E-state index contributed by atoms with van der Waals surface area (Å²) >= 11 is 0. The van der Waals surface area contributed by atoms with Crippen molar-refractivity contribution < 1.29 is 4.79 Å². The lowest BCUT2D eigenvalue weighted by atomic mass is 9.91. The highest BCUT2D eigenvalue weighted by Crippen LogP contribution is 2.26. The molecule has 0 aliphatic heterocycles. The molecule has 1 aliphatic carbocycles. The highest BCUT2D eigenvalue weighted by Gasteiger charge is 2.24. The van der Waals surface area contributed by atoms with Gasteiger partial charge < -0.3 is 21.3 Å². The largest absolute Gasteiger partial charge is 0.399 e. The number of benzene rings is 2. The molecule has 1 heterocycles. The number of hydrogen-bond acceptors (Lipinski definition) is 6. The topological polar surface area (TPSA) is 96.2 Å². The summed E-state index contributed by atoms with van der Waals surface area (Å²) in [6.07, 6.45) is 3.74. The summed E-state index contributed by atoms with van der Waals surface area (Å²) in [5, 5.41) is 7.68. The molecule has 4 N–H and O–H groups in total. The third-order valence-corrected chi connectivity index (χ3v) is 5.55. The smallest absolute Gasteiger partial charge is 0.251 e. The van der Waals surface area contributed by atoms with Crippen molar-refractivity contribution in [3.63, 3.8) is 0 Å². The maximum atomic E-state index is 12.5. The van der Waals surface area contributed by atoms with E-state index < -0.39 is 0 Å². The molecular formula is C23H28N6O. The van der Waals surface area contributed by atoms with E-state index in [4.69, 9.17) is 15.7 Å². The molecule has 0 atom stereocenters. The van der Waals surface area contributed by atoms with E-state index in [9.17, 15) is 4.79 Å². The fraction of sp³-hybridized carbons (Fsp3) is 0.348. The summed E-state index contributed by atoms with van der Waals surface area (Å²) in [5.41, 5.74) is 7.92. The number of nitrogens with one attached hydrogen (secondary N) is 2. The number of anilines is 3. The molecule has 7 heteroatoms. The molecule has 0 unspecified atom stereocenters. The summed E-state index contributed by atoms with van der Waals surface area (Å²) < 4.78 is 0. The van der Waals surface area contributed by atoms with E-state index in [1.54, 1.807) is 24.3 Å². The van der Waals surface area contributed by atoms with Crippen LogP contribution in [0.3, 0.4) is 0 Å². The average Bonchev–Trinajstić information content (AvgIpc) is 2.74. The number of carbonyl (C=O) groups is 1. The van der Waals surface area contributed by atoms with Gasteiger partial charge in [0, 0.05) is 42.8 Å². The molecular weight excluding hydrogens is 376 g/mol. The van der Waals surface area contributed by atoms with Crippen LogP contribution in [0.4, 0.5) is 17.5 Å². The Morgan fingerprint density at radius 3 is 2.47 bits per heavy atom. The van der Waals surface area contributed by atoms with Crippen molar-refractivity contribution in [2.24, 2.45) is 0 Å². The molecule has 1 amide bonds. The van der Waals surface area contributed by atoms with Crippen molar-refractivity contribution >= 4 is 34.3 Å². The van der Waals surface area contributed by atoms with Gasteiger partial charge in [-0.15, -0.1) is 0 Å². The SMILES string of the molecule is CN(C)c1nc(NC2CCC(NC(=O)c3cccc(N)c3)CC2)nc2ccccc12. The monoisotopic (exact) mass is 404 g/mol. The molecule has 7 nitrogen and oxygen atoms in total. The van der Waals surface area contributed by atoms with E-state index in [-0.39, 0.29) is 11.9 Å².